The van der Waals surface area contributed by atoms with Gasteiger partial charge in [-0.1, -0.05) is 175 Å². The van der Waals surface area contributed by atoms with E-state index < -0.39 is 6.10 Å². The van der Waals surface area contributed by atoms with Crippen LogP contribution in [0.25, 0.3) is 0 Å². The monoisotopic (exact) mass is 749 g/mol. The van der Waals surface area contributed by atoms with Crippen LogP contribution in [0.1, 0.15) is 181 Å². The fourth-order valence-corrected chi connectivity index (χ4v) is 5.65. The molecule has 0 aromatic rings. The van der Waals surface area contributed by atoms with Gasteiger partial charge in [-0.2, -0.15) is 0 Å². The number of ether oxygens (including phenoxy) is 2. The van der Waals surface area contributed by atoms with Gasteiger partial charge in [-0.05, 0) is 89.9 Å². The number of carbonyl (C=O) groups is 2. The molecule has 5 nitrogen and oxygen atoms in total. The average Bonchev–Trinajstić information content (AvgIpc) is 3.17. The molecule has 0 aliphatic heterocycles. The summed E-state index contributed by atoms with van der Waals surface area (Å²) in [6, 6.07) is 0. The van der Waals surface area contributed by atoms with Crippen LogP contribution in [0.5, 0.6) is 0 Å². The van der Waals surface area contributed by atoms with Crippen LogP contribution >= 0.6 is 0 Å². The second-order valence-corrected chi connectivity index (χ2v) is 14.0. The Morgan fingerprint density at radius 2 is 0.741 bits per heavy atom. The number of rotatable bonds is 38. The zero-order valence-corrected chi connectivity index (χ0v) is 34.7. The van der Waals surface area contributed by atoms with Crippen molar-refractivity contribution in [3.8, 4) is 0 Å². The predicted molar refractivity (Wildman–Crippen MR) is 232 cm³/mol. The molecule has 1 unspecified atom stereocenters. The molecule has 0 heterocycles. The van der Waals surface area contributed by atoms with Crippen molar-refractivity contribution in [2.45, 2.75) is 187 Å². The molecule has 1 atom stereocenters. The number of esters is 2. The summed E-state index contributed by atoms with van der Waals surface area (Å²) in [7, 11) is 0. The normalized spacial score (nSPS) is 13.2. The maximum atomic E-state index is 12.2. The first kappa shape index (κ1) is 50.8. The highest BCUT2D eigenvalue weighted by Gasteiger charge is 2.16. The maximum Gasteiger partial charge on any atom is 0.306 e. The number of hydrogen-bond donors (Lipinski definition) is 1. The topological polar surface area (TPSA) is 72.8 Å². The van der Waals surface area contributed by atoms with Crippen LogP contribution in [0, 0.1) is 0 Å². The van der Waals surface area contributed by atoms with Crippen molar-refractivity contribution in [2.24, 2.45) is 0 Å². The summed E-state index contributed by atoms with van der Waals surface area (Å²) >= 11 is 0. The van der Waals surface area contributed by atoms with Gasteiger partial charge in [0, 0.05) is 12.8 Å². The Morgan fingerprint density at radius 3 is 1.11 bits per heavy atom. The molecule has 0 saturated heterocycles. The van der Waals surface area contributed by atoms with Crippen molar-refractivity contribution in [1.29, 1.82) is 0 Å². The highest BCUT2D eigenvalue weighted by atomic mass is 16.6. The van der Waals surface area contributed by atoms with Gasteiger partial charge in [0.25, 0.3) is 0 Å². The number of aliphatic hydroxyl groups is 1. The summed E-state index contributed by atoms with van der Waals surface area (Å²) in [5.74, 6) is -0.625. The van der Waals surface area contributed by atoms with E-state index in [1.807, 2.05) is 0 Å². The summed E-state index contributed by atoms with van der Waals surface area (Å²) in [6.45, 7) is 3.88. The van der Waals surface area contributed by atoms with Gasteiger partial charge in [0.1, 0.15) is 6.61 Å². The molecule has 0 aliphatic rings. The molecule has 54 heavy (non-hydrogen) atoms. The van der Waals surface area contributed by atoms with Gasteiger partial charge in [-0.15, -0.1) is 0 Å². The fraction of sp³-hybridized carbons (Fsp3) is 0.633. The summed E-state index contributed by atoms with van der Waals surface area (Å²) < 4.78 is 10.6. The van der Waals surface area contributed by atoms with Crippen LogP contribution in [0.3, 0.4) is 0 Å². The van der Waals surface area contributed by atoms with E-state index in [2.05, 4.69) is 111 Å². The van der Waals surface area contributed by atoms with Gasteiger partial charge in [-0.3, -0.25) is 9.59 Å². The van der Waals surface area contributed by atoms with Crippen molar-refractivity contribution in [2.75, 3.05) is 13.2 Å². The highest BCUT2D eigenvalue weighted by Crippen LogP contribution is 2.13. The fourth-order valence-electron chi connectivity index (χ4n) is 5.65. The summed E-state index contributed by atoms with van der Waals surface area (Å²) in [6.07, 6.45) is 61.9. The van der Waals surface area contributed by atoms with Gasteiger partial charge in [0.05, 0.1) is 6.61 Å². The molecular weight excluding hydrogens is 669 g/mol. The van der Waals surface area contributed by atoms with Crippen LogP contribution in [-0.2, 0) is 19.1 Å². The van der Waals surface area contributed by atoms with E-state index in [9.17, 15) is 14.7 Å². The van der Waals surface area contributed by atoms with Crippen LogP contribution in [0.2, 0.25) is 0 Å². The Balaban J connectivity index is 3.60. The Labute approximate surface area is 332 Å². The second kappa shape index (κ2) is 44.2. The molecule has 0 rings (SSSR count). The Hall–Kier alpha value is -3.18. The molecule has 0 aromatic carbocycles. The minimum Gasteiger partial charge on any atom is -0.462 e. The molecule has 0 fully saturated rings. The third kappa shape index (κ3) is 41.6. The van der Waals surface area contributed by atoms with E-state index in [4.69, 9.17) is 9.47 Å². The molecule has 306 valence electrons. The van der Waals surface area contributed by atoms with Crippen LogP contribution in [0.15, 0.2) is 97.2 Å². The van der Waals surface area contributed by atoms with Gasteiger partial charge < -0.3 is 14.6 Å². The highest BCUT2D eigenvalue weighted by molar-refractivity contribution is 5.70. The lowest BCUT2D eigenvalue weighted by Gasteiger charge is -2.15. The number of hydrogen-bond acceptors (Lipinski definition) is 5. The molecule has 1 N–H and O–H groups in total. The van der Waals surface area contributed by atoms with Gasteiger partial charge >= 0.3 is 11.9 Å². The van der Waals surface area contributed by atoms with E-state index in [1.165, 1.54) is 51.4 Å². The van der Waals surface area contributed by atoms with Crippen LogP contribution in [0.4, 0.5) is 0 Å². The number of carbonyl (C=O) groups excluding carboxylic acids is 2. The number of allylic oxidation sites excluding steroid dienone is 16. The Kier molecular flexibility index (Phi) is 41.6. The smallest absolute Gasteiger partial charge is 0.306 e. The first-order valence-electron chi connectivity index (χ1n) is 21.8. The Morgan fingerprint density at radius 1 is 0.426 bits per heavy atom. The summed E-state index contributed by atoms with van der Waals surface area (Å²) in [5, 5.41) is 9.58. The van der Waals surface area contributed by atoms with Crippen molar-refractivity contribution < 1.29 is 24.2 Å². The first-order chi connectivity index (χ1) is 26.6. The largest absolute Gasteiger partial charge is 0.462 e. The predicted octanol–water partition coefficient (Wildman–Crippen LogP) is 14.1. The van der Waals surface area contributed by atoms with Crippen molar-refractivity contribution in [1.82, 2.24) is 0 Å². The minimum absolute atomic E-state index is 0.0830. The van der Waals surface area contributed by atoms with E-state index in [-0.39, 0.29) is 25.2 Å². The maximum absolute atomic E-state index is 12.2. The zero-order valence-electron chi connectivity index (χ0n) is 34.7. The zero-order chi connectivity index (χ0) is 39.3. The van der Waals surface area contributed by atoms with Gasteiger partial charge in [0.15, 0.2) is 6.10 Å². The lowest BCUT2D eigenvalue weighted by molar-refractivity contribution is -0.161. The molecule has 0 saturated carbocycles. The number of unbranched alkanes of at least 4 members (excludes halogenated alkanes) is 14. The van der Waals surface area contributed by atoms with Gasteiger partial charge in [0.2, 0.25) is 0 Å². The standard InChI is InChI=1S/C49H80O5/c1-3-5-7-9-11-13-15-17-19-20-21-22-23-24-25-26-27-28-30-32-34-36-38-40-42-44-49(52)54-47(45-50)46-53-48(51)43-41-39-37-35-33-31-29-18-16-14-12-10-8-6-4-2/h5-8,11-14,17-19,21-22,24-25,29,47,50H,3-4,9-10,15-16,20,23,26-28,30-46H2,1-2H3/b7-5-,8-6-,13-11-,14-12-,19-17-,22-21-,25-24-,29-18-. The van der Waals surface area contributed by atoms with E-state index in [0.717, 1.165) is 103 Å². The van der Waals surface area contributed by atoms with Crippen molar-refractivity contribution >= 4 is 11.9 Å². The third-order valence-electron chi connectivity index (χ3n) is 8.87. The lowest BCUT2D eigenvalue weighted by Crippen LogP contribution is -2.28. The minimum atomic E-state index is -0.788. The molecule has 0 aromatic heterocycles. The van der Waals surface area contributed by atoms with Crippen molar-refractivity contribution in [3.05, 3.63) is 97.2 Å². The van der Waals surface area contributed by atoms with Crippen molar-refractivity contribution in [3.63, 3.8) is 0 Å². The molecule has 0 aliphatic carbocycles. The average molecular weight is 749 g/mol. The molecule has 0 amide bonds. The first-order valence-corrected chi connectivity index (χ1v) is 21.8. The molecule has 0 bridgehead atoms. The lowest BCUT2D eigenvalue weighted by atomic mass is 10.1. The van der Waals surface area contributed by atoms with Crippen LogP contribution < -0.4 is 0 Å². The second-order valence-electron chi connectivity index (χ2n) is 14.0. The summed E-state index contributed by atoms with van der Waals surface area (Å²) in [5.41, 5.74) is 0. The van der Waals surface area contributed by atoms with Gasteiger partial charge in [-0.25, -0.2) is 0 Å². The Bertz CT molecular complexity index is 1070. The SMILES string of the molecule is CC/C=C\C/C=C\C/C=C\C/C=C\C/C=C\CCCCCCCCCCCC(=O)OC(CO)COC(=O)CCCCCCC/C=C\C/C=C\C/C=C\CC. The molecule has 0 spiro atoms. The molecule has 5 heteroatoms. The molecular formula is C49H80O5. The van der Waals surface area contributed by atoms with Crippen LogP contribution in [-0.4, -0.2) is 36.4 Å². The molecule has 0 radical (unpaired) electrons. The number of aliphatic hydroxyl groups excluding tert-OH is 1. The summed E-state index contributed by atoms with van der Waals surface area (Å²) in [4.78, 5) is 24.3. The van der Waals surface area contributed by atoms with E-state index in [1.54, 1.807) is 0 Å². The van der Waals surface area contributed by atoms with E-state index >= 15 is 0 Å². The van der Waals surface area contributed by atoms with E-state index in [0.29, 0.717) is 12.8 Å². The third-order valence-corrected chi connectivity index (χ3v) is 8.87. The quantitative estimate of drug-likeness (QED) is 0.0387.